The Morgan fingerprint density at radius 3 is 0.851 bits per heavy atom. The van der Waals surface area contributed by atoms with E-state index in [-0.39, 0.29) is 248 Å². The quantitative estimate of drug-likeness (QED) is 0.0371. The molecule has 0 aliphatic carbocycles. The minimum Gasteiger partial charge on any atom is -0.396 e. The molecule has 6 atom stereocenters. The average molecular weight is 2170 g/mol. The number of rotatable bonds is 15. The predicted octanol–water partition coefficient (Wildman–Crippen LogP) is 23.6. The number of aromatic nitrogens is 9. The van der Waals surface area contributed by atoms with Crippen LogP contribution in [0, 0.1) is 66.4 Å². The van der Waals surface area contributed by atoms with Gasteiger partial charge in [-0.2, -0.15) is 15.8 Å². The number of hydrogen-bond donors (Lipinski definition) is 3. The number of aryl methyl sites for hydroxylation is 3. The molecule has 3 fully saturated rings. The molecule has 3 saturated heterocycles. The summed E-state index contributed by atoms with van der Waals surface area (Å²) in [5.74, 6) is -3.02. The molecule has 0 radical (unpaired) electrons. The molecular weight excluding hydrogens is 2080 g/mol. The normalized spacial score (nSPS) is 16.6. The number of nitrogens with zero attached hydrogens (tertiary/aromatic N) is 18. The Morgan fingerprint density at radius 2 is 0.617 bits per heavy atom. The van der Waals surface area contributed by atoms with E-state index in [1.54, 1.807) is 57.6 Å². The molecule has 3 aliphatic rings. The lowest BCUT2D eigenvalue weighted by Gasteiger charge is -2.45. The molecule has 9 aromatic heterocycles. The van der Waals surface area contributed by atoms with E-state index in [0.29, 0.717) is 80.2 Å². The highest BCUT2D eigenvalue weighted by Gasteiger charge is 2.42. The topological polar surface area (TPSA) is 363 Å². The smallest absolute Gasteiger partial charge is 0.276 e. The fraction of sp³-hybridized carbons (Fsp3) is 0.303. The third-order valence-corrected chi connectivity index (χ3v) is 30.2. The van der Waals surface area contributed by atoms with Crippen molar-refractivity contribution in [2.24, 2.45) is 0 Å². The summed E-state index contributed by atoms with van der Waals surface area (Å²) in [5, 5.41) is 31.1. The number of carbonyl (C=O) groups is 3. The summed E-state index contributed by atoms with van der Waals surface area (Å²) < 4.78 is 35.6. The highest BCUT2D eigenvalue weighted by molar-refractivity contribution is 6.54. The molecule has 732 valence electrons. The summed E-state index contributed by atoms with van der Waals surface area (Å²) in [6.45, 7) is 41.0. The van der Waals surface area contributed by atoms with Crippen LogP contribution in [0.2, 0.25) is 65.3 Å². The molecule has 12 heterocycles. The van der Waals surface area contributed by atoms with Crippen molar-refractivity contribution in [1.29, 1.82) is 15.8 Å². The maximum atomic E-state index is 15.8. The molecular formula is C99H90Cl13F2N21O6. The fourth-order valence-electron chi connectivity index (χ4n) is 18.8. The van der Waals surface area contributed by atoms with Crippen molar-refractivity contribution in [2.45, 2.75) is 158 Å². The third-order valence-electron chi connectivity index (χ3n) is 24.9. The molecule has 42 heteroatoms. The number of carbonyl (C=O) groups excluding carboxylic acids is 3. The standard InChI is InChI=1S/C33H30Cl5N7O2.2C33H30Cl4FN7O2/c1-7-21(46)44-16(5)12-43(13-17(44)6)31-18-10-20(34)29(22-23(35)25(37)26(38)27(40)24(22)36)42-32(18)45(33(47)19(31)11-39)30-15(4)8-9-41-28(30)14(2)3;2*1-7-21(46)44-16(5)12-43(13-17(44)6)31-18-10-20(34)29(22-23(35)24(36)25(37)27(40)26(22)38)42-32(18)45(33(47)19(31)11-39)30-15(4)8-9-41-28(30)14(2)3/h3*7-10,14,16-17H,1,12-13,40H2,2-6H3/t3*16-,17+. The lowest BCUT2D eigenvalue weighted by molar-refractivity contribution is -0.131. The van der Waals surface area contributed by atoms with Gasteiger partial charge < -0.3 is 46.6 Å². The van der Waals surface area contributed by atoms with Gasteiger partial charge in [-0.1, -0.05) is 212 Å². The number of halogens is 15. The molecule has 27 nitrogen and oxygen atoms in total. The van der Waals surface area contributed by atoms with Crippen molar-refractivity contribution in [3.05, 3.63) is 251 Å². The Kier molecular flexibility index (Phi) is 32.1. The number of amides is 3. The zero-order valence-electron chi connectivity index (χ0n) is 78.4. The molecule has 3 amide bonds. The van der Waals surface area contributed by atoms with Crippen LogP contribution in [-0.2, 0) is 14.4 Å². The number of nitrogen functional groups attached to an aromatic ring is 3. The second-order valence-electron chi connectivity index (χ2n) is 35.3. The van der Waals surface area contributed by atoms with E-state index in [4.69, 9.17) is 183 Å². The molecule has 6 N–H and O–H groups in total. The lowest BCUT2D eigenvalue weighted by atomic mass is 10.0. The minimum atomic E-state index is -0.994. The van der Waals surface area contributed by atoms with E-state index in [2.05, 4.69) is 52.9 Å². The van der Waals surface area contributed by atoms with Gasteiger partial charge in [0.05, 0.1) is 162 Å². The summed E-state index contributed by atoms with van der Waals surface area (Å²) in [4.78, 5) is 121. The van der Waals surface area contributed by atoms with Crippen molar-refractivity contribution in [3.8, 4) is 69.0 Å². The van der Waals surface area contributed by atoms with Crippen LogP contribution in [0.4, 0.5) is 42.9 Å². The van der Waals surface area contributed by atoms with Crippen molar-refractivity contribution in [3.63, 3.8) is 0 Å². The maximum Gasteiger partial charge on any atom is 0.276 e. The molecule has 3 aliphatic heterocycles. The van der Waals surface area contributed by atoms with Crippen LogP contribution >= 0.6 is 151 Å². The number of nitrogens with two attached hydrogens (primary N) is 3. The average Bonchev–Trinajstić information content (AvgIpc) is 0.725. The first-order valence-electron chi connectivity index (χ1n) is 43.9. The predicted molar refractivity (Wildman–Crippen MR) is 565 cm³/mol. The summed E-state index contributed by atoms with van der Waals surface area (Å²) in [7, 11) is 0. The van der Waals surface area contributed by atoms with Gasteiger partial charge in [-0.25, -0.2) is 23.7 Å². The van der Waals surface area contributed by atoms with Gasteiger partial charge in [-0.05, 0) is 151 Å². The Balaban J connectivity index is 0.000000178. The van der Waals surface area contributed by atoms with Crippen LogP contribution in [0.3, 0.4) is 0 Å². The highest BCUT2D eigenvalue weighted by Crippen LogP contribution is 2.53. The molecule has 0 unspecified atom stereocenters. The Labute approximate surface area is 875 Å². The number of pyridine rings is 9. The third kappa shape index (κ3) is 18.9. The molecule has 15 rings (SSSR count). The second kappa shape index (κ2) is 42.3. The largest absolute Gasteiger partial charge is 0.396 e. The molecule has 0 spiro atoms. The molecule has 0 bridgehead atoms. The molecule has 3 aromatic carbocycles. The molecule has 12 aromatic rings. The van der Waals surface area contributed by atoms with E-state index in [9.17, 15) is 44.6 Å². The Bertz CT molecular complexity index is 6860. The van der Waals surface area contributed by atoms with E-state index in [1.165, 1.54) is 44.1 Å². The van der Waals surface area contributed by atoms with Crippen LogP contribution in [0.5, 0.6) is 0 Å². The fourth-order valence-corrected chi connectivity index (χ4v) is 22.0. The molecule has 0 saturated carbocycles. The van der Waals surface area contributed by atoms with Crippen LogP contribution in [-0.4, -0.2) is 152 Å². The minimum absolute atomic E-state index is 0.0197. The number of fused-ring (bicyclic) bond motifs is 3. The van der Waals surface area contributed by atoms with E-state index >= 15 is 8.78 Å². The van der Waals surface area contributed by atoms with Gasteiger partial charge in [0, 0.05) is 116 Å². The second-order valence-corrected chi connectivity index (χ2v) is 40.3. The highest BCUT2D eigenvalue weighted by atomic mass is 35.5. The Morgan fingerprint density at radius 1 is 0.383 bits per heavy atom. The SMILES string of the molecule is C=CC(=O)N1[C@H](C)CN(c2c(C#N)c(=O)n(-c3c(C)ccnc3C(C)C)c3nc(-c4c(Cl)c(N)c(Cl)c(Cl)c4Cl)c(Cl)cc23)C[C@@H]1C.C=CC(=O)N1[C@H](C)CN(c2c(C#N)c(=O)n(-c3c(C)ccnc3C(C)C)c3nc(-c4c(F)c(N)c(Cl)c(Cl)c4Cl)c(Cl)cc23)C[C@@H]1C.C=CC(=O)N1[C@H](C)CN(c2c(C#N)c(=O)n(-c3c(C)ccnc3C(C)C)c3nc(-c4c(F)c(N)c(Cl)c(Cl)c4Cl)c(Cl)cc23)C[C@@H]1C. The van der Waals surface area contributed by atoms with Crippen molar-refractivity contribution in [2.75, 3.05) is 71.2 Å². The number of anilines is 6. The van der Waals surface area contributed by atoms with Gasteiger partial charge in [0.1, 0.15) is 51.8 Å². The van der Waals surface area contributed by atoms with Crippen molar-refractivity contribution < 1.29 is 23.2 Å². The Hall–Kier alpha value is -11.3. The summed E-state index contributed by atoms with van der Waals surface area (Å²) in [5.41, 5.74) is 20.5. The lowest BCUT2D eigenvalue weighted by Crippen LogP contribution is -2.58. The first-order valence-corrected chi connectivity index (χ1v) is 48.8. The van der Waals surface area contributed by atoms with Crippen LogP contribution in [0.25, 0.3) is 83.9 Å². The van der Waals surface area contributed by atoms with Crippen LogP contribution < -0.4 is 48.6 Å². The zero-order chi connectivity index (χ0) is 104. The summed E-state index contributed by atoms with van der Waals surface area (Å²) in [6.07, 6.45) is 8.73. The van der Waals surface area contributed by atoms with E-state index in [0.717, 1.165) is 5.56 Å². The maximum absolute atomic E-state index is 15.8. The summed E-state index contributed by atoms with van der Waals surface area (Å²) >= 11 is 84.7. The van der Waals surface area contributed by atoms with Crippen molar-refractivity contribution in [1.82, 2.24) is 58.3 Å². The van der Waals surface area contributed by atoms with Crippen LogP contribution in [0.1, 0.15) is 151 Å². The van der Waals surface area contributed by atoms with Crippen molar-refractivity contribution >= 4 is 236 Å². The van der Waals surface area contributed by atoms with E-state index < -0.39 is 39.7 Å². The van der Waals surface area contributed by atoms with Gasteiger partial charge in [-0.3, -0.25) is 57.4 Å². The van der Waals surface area contributed by atoms with Gasteiger partial charge in [0.15, 0.2) is 11.6 Å². The van der Waals surface area contributed by atoms with Gasteiger partial charge in [0.25, 0.3) is 16.7 Å². The number of hydrogen-bond acceptors (Lipinski definition) is 21. The first-order chi connectivity index (χ1) is 66.5. The van der Waals surface area contributed by atoms with Gasteiger partial charge >= 0.3 is 0 Å². The molecule has 141 heavy (non-hydrogen) atoms. The van der Waals surface area contributed by atoms with E-state index in [1.807, 2.05) is 119 Å². The number of benzene rings is 3. The summed E-state index contributed by atoms with van der Waals surface area (Å²) in [6, 6.07) is 14.5. The van der Waals surface area contributed by atoms with Gasteiger partial charge in [0.2, 0.25) is 17.7 Å². The zero-order valence-corrected chi connectivity index (χ0v) is 88.2. The van der Waals surface area contributed by atoms with Gasteiger partial charge in [-0.15, -0.1) is 0 Å². The van der Waals surface area contributed by atoms with Crippen LogP contribution in [0.15, 0.2) is 107 Å². The first kappa shape index (κ1) is 107. The number of nitriles is 3. The monoisotopic (exact) mass is 2160 g/mol. The number of piperazine rings is 3.